The molecule has 0 spiro atoms. The second-order valence-corrected chi connectivity index (χ2v) is 4.48. The predicted octanol–water partition coefficient (Wildman–Crippen LogP) is 1.66. The second-order valence-electron chi connectivity index (χ2n) is 3.43. The molecule has 18 heavy (non-hydrogen) atoms. The number of alkyl halides is 3. The molecule has 1 aromatic heterocycles. The molecule has 3 nitrogen and oxygen atoms in total. The van der Waals surface area contributed by atoms with E-state index < -0.39 is 18.6 Å². The van der Waals surface area contributed by atoms with Crippen LogP contribution in [0.1, 0.15) is 20.1 Å². The third-order valence-corrected chi connectivity index (χ3v) is 3.05. The third-order valence-electron chi connectivity index (χ3n) is 1.89. The van der Waals surface area contributed by atoms with E-state index in [9.17, 15) is 18.0 Å². The summed E-state index contributed by atoms with van der Waals surface area (Å²) in [6.45, 7) is 0.580. The standard InChI is InChI=1S/C11H11F3N2OS/c1-7-5-9(18-8(7)3-2-4-15)10(17)16-6-11(12,13)14/h5H,4,6,15H2,1H3,(H,16,17). The highest BCUT2D eigenvalue weighted by Gasteiger charge is 2.28. The number of amides is 1. The summed E-state index contributed by atoms with van der Waals surface area (Å²) >= 11 is 1.05. The van der Waals surface area contributed by atoms with Gasteiger partial charge in [0, 0.05) is 0 Å². The summed E-state index contributed by atoms with van der Waals surface area (Å²) in [4.78, 5) is 12.3. The van der Waals surface area contributed by atoms with Crippen molar-refractivity contribution in [3.05, 3.63) is 21.4 Å². The first-order valence-electron chi connectivity index (χ1n) is 4.98. The lowest BCUT2D eigenvalue weighted by Gasteiger charge is -2.06. The molecule has 0 saturated carbocycles. The summed E-state index contributed by atoms with van der Waals surface area (Å²) in [6.07, 6.45) is -4.41. The maximum atomic E-state index is 11.9. The Labute approximate surface area is 106 Å². The van der Waals surface area contributed by atoms with Crippen LogP contribution in [0.25, 0.3) is 0 Å². The molecule has 0 aliphatic heterocycles. The zero-order valence-corrected chi connectivity index (χ0v) is 10.3. The van der Waals surface area contributed by atoms with Crippen LogP contribution in [0.3, 0.4) is 0 Å². The van der Waals surface area contributed by atoms with E-state index in [4.69, 9.17) is 5.73 Å². The fourth-order valence-corrected chi connectivity index (χ4v) is 2.08. The Kier molecular flexibility index (Phi) is 4.76. The van der Waals surface area contributed by atoms with Crippen LogP contribution in [0.4, 0.5) is 13.2 Å². The first-order valence-corrected chi connectivity index (χ1v) is 5.79. The molecule has 0 saturated heterocycles. The van der Waals surface area contributed by atoms with Crippen LogP contribution in [0.5, 0.6) is 0 Å². The molecular weight excluding hydrogens is 265 g/mol. The van der Waals surface area contributed by atoms with Crippen LogP contribution in [0.15, 0.2) is 6.07 Å². The molecule has 3 N–H and O–H groups in total. The summed E-state index contributed by atoms with van der Waals surface area (Å²) in [7, 11) is 0. The van der Waals surface area contributed by atoms with Crippen molar-refractivity contribution in [2.75, 3.05) is 13.1 Å². The van der Waals surface area contributed by atoms with Gasteiger partial charge >= 0.3 is 6.18 Å². The number of aryl methyl sites for hydroxylation is 1. The lowest BCUT2D eigenvalue weighted by atomic mass is 10.2. The SMILES string of the molecule is Cc1cc(C(=O)NCC(F)(F)F)sc1C#CCN. The average molecular weight is 276 g/mol. The van der Waals surface area contributed by atoms with Crippen LogP contribution in [-0.4, -0.2) is 25.2 Å². The first-order chi connectivity index (χ1) is 8.33. The summed E-state index contributed by atoms with van der Waals surface area (Å²) in [5.74, 6) is 4.64. The number of nitrogens with one attached hydrogen (secondary N) is 1. The molecule has 1 rings (SSSR count). The van der Waals surface area contributed by atoms with Crippen LogP contribution in [0.2, 0.25) is 0 Å². The fraction of sp³-hybridized carbons (Fsp3) is 0.364. The number of hydrogen-bond donors (Lipinski definition) is 2. The van der Waals surface area contributed by atoms with Gasteiger partial charge < -0.3 is 11.1 Å². The lowest BCUT2D eigenvalue weighted by molar-refractivity contribution is -0.123. The minimum atomic E-state index is -4.41. The summed E-state index contributed by atoms with van der Waals surface area (Å²) in [6, 6.07) is 1.51. The molecule has 0 radical (unpaired) electrons. The monoisotopic (exact) mass is 276 g/mol. The predicted molar refractivity (Wildman–Crippen MR) is 63.4 cm³/mol. The van der Waals surface area contributed by atoms with Gasteiger partial charge in [-0.25, -0.2) is 0 Å². The van der Waals surface area contributed by atoms with E-state index in [1.54, 1.807) is 6.92 Å². The minimum Gasteiger partial charge on any atom is -0.342 e. The number of carbonyl (C=O) groups is 1. The molecule has 1 heterocycles. The number of hydrogen-bond acceptors (Lipinski definition) is 3. The van der Waals surface area contributed by atoms with Gasteiger partial charge in [-0.3, -0.25) is 4.79 Å². The lowest BCUT2D eigenvalue weighted by Crippen LogP contribution is -2.33. The van der Waals surface area contributed by atoms with Crippen molar-refractivity contribution in [1.29, 1.82) is 0 Å². The normalized spacial score (nSPS) is 10.7. The number of halogens is 3. The summed E-state index contributed by atoms with van der Waals surface area (Å²) < 4.78 is 35.8. The van der Waals surface area contributed by atoms with Gasteiger partial charge in [0.15, 0.2) is 0 Å². The smallest absolute Gasteiger partial charge is 0.342 e. The average Bonchev–Trinajstić information content (AvgIpc) is 2.64. The van der Waals surface area contributed by atoms with Gasteiger partial charge in [-0.1, -0.05) is 11.8 Å². The molecule has 7 heteroatoms. The second kappa shape index (κ2) is 5.89. The van der Waals surface area contributed by atoms with E-state index >= 15 is 0 Å². The van der Waals surface area contributed by atoms with Crippen molar-refractivity contribution in [2.24, 2.45) is 5.73 Å². The molecule has 0 aliphatic rings. The Morgan fingerprint density at radius 3 is 2.78 bits per heavy atom. The van der Waals surface area contributed by atoms with Crippen LogP contribution in [0, 0.1) is 18.8 Å². The van der Waals surface area contributed by atoms with Crippen LogP contribution in [-0.2, 0) is 0 Å². The van der Waals surface area contributed by atoms with Crippen molar-refractivity contribution in [2.45, 2.75) is 13.1 Å². The fourth-order valence-electron chi connectivity index (χ4n) is 1.12. The summed E-state index contributed by atoms with van der Waals surface area (Å²) in [5, 5.41) is 1.81. The maximum absolute atomic E-state index is 11.9. The molecular formula is C11H11F3N2OS. The number of rotatable bonds is 2. The van der Waals surface area contributed by atoms with Gasteiger partial charge in [0.25, 0.3) is 5.91 Å². The number of thiophene rings is 1. The van der Waals surface area contributed by atoms with E-state index in [-0.39, 0.29) is 11.4 Å². The van der Waals surface area contributed by atoms with Gasteiger partial charge in [0.1, 0.15) is 6.54 Å². The summed E-state index contributed by atoms with van der Waals surface area (Å²) in [5.41, 5.74) is 5.96. The van der Waals surface area contributed by atoms with E-state index in [1.807, 2.05) is 5.32 Å². The Balaban J connectivity index is 2.76. The Morgan fingerprint density at radius 2 is 2.22 bits per heavy atom. The molecule has 98 valence electrons. The largest absolute Gasteiger partial charge is 0.405 e. The molecule has 0 fully saturated rings. The van der Waals surface area contributed by atoms with Crippen LogP contribution >= 0.6 is 11.3 Å². The zero-order chi connectivity index (χ0) is 13.8. The first kappa shape index (κ1) is 14.5. The molecule has 1 amide bonds. The highest BCUT2D eigenvalue weighted by molar-refractivity contribution is 7.14. The maximum Gasteiger partial charge on any atom is 0.405 e. The van der Waals surface area contributed by atoms with E-state index in [0.29, 0.717) is 4.88 Å². The quantitative estimate of drug-likeness (QED) is 0.807. The topological polar surface area (TPSA) is 55.1 Å². The number of carbonyl (C=O) groups excluding carboxylic acids is 1. The van der Waals surface area contributed by atoms with Crippen molar-refractivity contribution in [1.82, 2.24) is 5.32 Å². The van der Waals surface area contributed by atoms with E-state index in [0.717, 1.165) is 16.9 Å². The van der Waals surface area contributed by atoms with Crippen molar-refractivity contribution >= 4 is 17.2 Å². The van der Waals surface area contributed by atoms with Gasteiger partial charge in [-0.05, 0) is 18.6 Å². The molecule has 0 aliphatic carbocycles. The minimum absolute atomic E-state index is 0.187. The third kappa shape index (κ3) is 4.39. The van der Waals surface area contributed by atoms with Gasteiger partial charge in [-0.15, -0.1) is 11.3 Å². The Hall–Kier alpha value is -1.52. The Morgan fingerprint density at radius 1 is 1.56 bits per heavy atom. The van der Waals surface area contributed by atoms with E-state index in [2.05, 4.69) is 11.8 Å². The molecule has 0 aromatic carbocycles. The van der Waals surface area contributed by atoms with Crippen molar-refractivity contribution in [3.63, 3.8) is 0 Å². The highest BCUT2D eigenvalue weighted by atomic mass is 32.1. The Bertz CT molecular complexity index is 497. The zero-order valence-electron chi connectivity index (χ0n) is 9.52. The highest BCUT2D eigenvalue weighted by Crippen LogP contribution is 2.21. The van der Waals surface area contributed by atoms with Crippen molar-refractivity contribution < 1.29 is 18.0 Å². The van der Waals surface area contributed by atoms with E-state index in [1.165, 1.54) is 6.07 Å². The molecule has 0 unspecified atom stereocenters. The molecule has 0 bridgehead atoms. The molecule has 1 aromatic rings. The van der Waals surface area contributed by atoms with Gasteiger partial charge in [0.05, 0.1) is 16.3 Å². The number of nitrogens with two attached hydrogens (primary N) is 1. The molecule has 0 atom stereocenters. The van der Waals surface area contributed by atoms with Gasteiger partial charge in [0.2, 0.25) is 0 Å². The van der Waals surface area contributed by atoms with Gasteiger partial charge in [-0.2, -0.15) is 13.2 Å². The van der Waals surface area contributed by atoms with Crippen LogP contribution < -0.4 is 11.1 Å². The van der Waals surface area contributed by atoms with Crippen molar-refractivity contribution in [3.8, 4) is 11.8 Å².